The number of nitrogens with two attached hydrogens (primary N) is 1. The summed E-state index contributed by atoms with van der Waals surface area (Å²) in [6.07, 6.45) is 5.05. The highest BCUT2D eigenvalue weighted by atomic mass is 15.1. The molecule has 0 heterocycles. The third-order valence-corrected chi connectivity index (χ3v) is 4.72. The predicted octanol–water partition coefficient (Wildman–Crippen LogP) is 3.51. The molecule has 1 saturated carbocycles. The normalized spacial score (nSPS) is 30.2. The fourth-order valence-electron chi connectivity index (χ4n) is 3.09. The monoisotopic (exact) mass is 254 g/mol. The Bertz CT molecular complexity index is 242. The van der Waals surface area contributed by atoms with Gasteiger partial charge >= 0.3 is 0 Å². The van der Waals surface area contributed by atoms with Crippen LogP contribution in [0.25, 0.3) is 0 Å². The van der Waals surface area contributed by atoms with Gasteiger partial charge in [0.15, 0.2) is 0 Å². The minimum Gasteiger partial charge on any atom is -0.326 e. The molecule has 0 spiro atoms. The lowest BCUT2D eigenvalue weighted by atomic mass is 9.69. The predicted molar refractivity (Wildman–Crippen MR) is 80.6 cm³/mol. The Kier molecular flexibility index (Phi) is 5.67. The van der Waals surface area contributed by atoms with E-state index in [0.29, 0.717) is 17.5 Å². The van der Waals surface area contributed by atoms with Crippen LogP contribution >= 0.6 is 0 Å². The van der Waals surface area contributed by atoms with Crippen molar-refractivity contribution in [1.82, 2.24) is 4.90 Å². The molecule has 0 aromatic heterocycles. The zero-order valence-corrected chi connectivity index (χ0v) is 13.4. The molecule has 2 heteroatoms. The number of hydrogen-bond donors (Lipinski definition) is 1. The lowest BCUT2D eigenvalue weighted by molar-refractivity contribution is 0.0818. The van der Waals surface area contributed by atoms with Gasteiger partial charge in [0.2, 0.25) is 0 Å². The molecular formula is C16H34N2. The first-order valence-corrected chi connectivity index (χ1v) is 7.67. The lowest BCUT2D eigenvalue weighted by Gasteiger charge is -2.44. The summed E-state index contributed by atoms with van der Waals surface area (Å²) in [6.45, 7) is 12.9. The molecule has 3 unspecified atom stereocenters. The molecule has 18 heavy (non-hydrogen) atoms. The summed E-state index contributed by atoms with van der Waals surface area (Å²) in [7, 11) is 2.26. The van der Waals surface area contributed by atoms with E-state index in [1.54, 1.807) is 0 Å². The Morgan fingerprint density at radius 2 is 1.83 bits per heavy atom. The van der Waals surface area contributed by atoms with Crippen molar-refractivity contribution < 1.29 is 0 Å². The highest BCUT2D eigenvalue weighted by Crippen LogP contribution is 2.38. The van der Waals surface area contributed by atoms with Gasteiger partial charge in [-0.3, -0.25) is 0 Å². The SMILES string of the molecule is CC(C)CCN(C)C1CC(C(C)(C)C)CCC1N. The van der Waals surface area contributed by atoms with E-state index in [9.17, 15) is 0 Å². The Morgan fingerprint density at radius 3 is 2.33 bits per heavy atom. The molecule has 0 saturated heterocycles. The second kappa shape index (κ2) is 6.38. The summed E-state index contributed by atoms with van der Waals surface area (Å²) in [4.78, 5) is 2.52. The van der Waals surface area contributed by atoms with E-state index >= 15 is 0 Å². The minimum atomic E-state index is 0.376. The van der Waals surface area contributed by atoms with Crippen LogP contribution in [0.15, 0.2) is 0 Å². The van der Waals surface area contributed by atoms with Gasteiger partial charge in [-0.1, -0.05) is 34.6 Å². The molecule has 2 nitrogen and oxygen atoms in total. The lowest BCUT2D eigenvalue weighted by Crippen LogP contribution is -2.51. The molecule has 0 aromatic rings. The van der Waals surface area contributed by atoms with E-state index in [1.165, 1.54) is 32.2 Å². The van der Waals surface area contributed by atoms with Crippen LogP contribution in [0, 0.1) is 17.3 Å². The van der Waals surface area contributed by atoms with Gasteiger partial charge in [0, 0.05) is 12.1 Å². The average molecular weight is 254 g/mol. The fraction of sp³-hybridized carbons (Fsp3) is 1.00. The Balaban J connectivity index is 2.56. The second-order valence-electron chi connectivity index (χ2n) is 7.77. The van der Waals surface area contributed by atoms with Crippen LogP contribution in [0.3, 0.4) is 0 Å². The van der Waals surface area contributed by atoms with Crippen LogP contribution in [0.2, 0.25) is 0 Å². The molecule has 2 N–H and O–H groups in total. The van der Waals surface area contributed by atoms with Gasteiger partial charge in [-0.25, -0.2) is 0 Å². The van der Waals surface area contributed by atoms with Gasteiger partial charge in [-0.15, -0.1) is 0 Å². The summed E-state index contributed by atoms with van der Waals surface area (Å²) in [5.74, 6) is 1.61. The fourth-order valence-corrected chi connectivity index (χ4v) is 3.09. The van der Waals surface area contributed by atoms with Crippen LogP contribution in [-0.4, -0.2) is 30.6 Å². The van der Waals surface area contributed by atoms with Crippen LogP contribution in [0.1, 0.15) is 60.3 Å². The van der Waals surface area contributed by atoms with Crippen molar-refractivity contribution >= 4 is 0 Å². The maximum atomic E-state index is 6.35. The summed E-state index contributed by atoms with van der Waals surface area (Å²) >= 11 is 0. The van der Waals surface area contributed by atoms with Crippen LogP contribution in [-0.2, 0) is 0 Å². The topological polar surface area (TPSA) is 29.3 Å². The molecule has 0 radical (unpaired) electrons. The molecule has 0 bridgehead atoms. The molecule has 0 aliphatic heterocycles. The maximum absolute atomic E-state index is 6.35. The molecule has 0 amide bonds. The molecule has 1 aliphatic rings. The van der Waals surface area contributed by atoms with Crippen LogP contribution in [0.5, 0.6) is 0 Å². The number of rotatable bonds is 4. The largest absolute Gasteiger partial charge is 0.326 e. The molecule has 1 fully saturated rings. The molecule has 1 rings (SSSR count). The first-order valence-electron chi connectivity index (χ1n) is 7.67. The van der Waals surface area contributed by atoms with E-state index in [0.717, 1.165) is 11.8 Å². The van der Waals surface area contributed by atoms with Gasteiger partial charge < -0.3 is 10.6 Å². The Labute approximate surface area is 114 Å². The Hall–Kier alpha value is -0.0800. The summed E-state index contributed by atoms with van der Waals surface area (Å²) < 4.78 is 0. The molecule has 0 aromatic carbocycles. The Morgan fingerprint density at radius 1 is 1.22 bits per heavy atom. The van der Waals surface area contributed by atoms with Crippen molar-refractivity contribution in [1.29, 1.82) is 0 Å². The van der Waals surface area contributed by atoms with Crippen molar-refractivity contribution in [2.45, 2.75) is 72.4 Å². The molecular weight excluding hydrogens is 220 g/mol. The van der Waals surface area contributed by atoms with E-state index in [1.807, 2.05) is 0 Å². The quantitative estimate of drug-likeness (QED) is 0.832. The maximum Gasteiger partial charge on any atom is 0.0246 e. The smallest absolute Gasteiger partial charge is 0.0246 e. The minimum absolute atomic E-state index is 0.376. The van der Waals surface area contributed by atoms with Crippen molar-refractivity contribution in [3.63, 3.8) is 0 Å². The zero-order chi connectivity index (χ0) is 13.9. The zero-order valence-electron chi connectivity index (χ0n) is 13.4. The standard InChI is InChI=1S/C16H34N2/c1-12(2)9-10-18(6)15-11-13(16(3,4)5)7-8-14(15)17/h12-15H,7-11,17H2,1-6H3. The number of nitrogens with zero attached hydrogens (tertiary/aromatic N) is 1. The molecule has 1 aliphatic carbocycles. The van der Waals surface area contributed by atoms with Gasteiger partial charge in [-0.05, 0) is 56.5 Å². The third kappa shape index (κ3) is 4.55. The van der Waals surface area contributed by atoms with E-state index < -0.39 is 0 Å². The average Bonchev–Trinajstić information content (AvgIpc) is 2.24. The van der Waals surface area contributed by atoms with Crippen molar-refractivity contribution in [2.24, 2.45) is 23.0 Å². The van der Waals surface area contributed by atoms with Crippen molar-refractivity contribution in [3.05, 3.63) is 0 Å². The number of likely N-dealkylation sites (N-methyl/N-ethyl adjacent to an activating group) is 1. The van der Waals surface area contributed by atoms with Crippen molar-refractivity contribution in [3.8, 4) is 0 Å². The molecule has 108 valence electrons. The highest BCUT2D eigenvalue weighted by molar-refractivity contribution is 4.91. The van der Waals surface area contributed by atoms with E-state index in [2.05, 4.69) is 46.6 Å². The van der Waals surface area contributed by atoms with Gasteiger partial charge in [0.05, 0.1) is 0 Å². The van der Waals surface area contributed by atoms with Gasteiger partial charge in [0.25, 0.3) is 0 Å². The van der Waals surface area contributed by atoms with Crippen molar-refractivity contribution in [2.75, 3.05) is 13.6 Å². The number of hydrogen-bond acceptors (Lipinski definition) is 2. The van der Waals surface area contributed by atoms with Crippen LogP contribution < -0.4 is 5.73 Å². The first-order chi connectivity index (χ1) is 8.21. The van der Waals surface area contributed by atoms with Gasteiger partial charge in [0.1, 0.15) is 0 Å². The summed E-state index contributed by atoms with van der Waals surface area (Å²) in [5.41, 5.74) is 6.78. The van der Waals surface area contributed by atoms with E-state index in [-0.39, 0.29) is 0 Å². The summed E-state index contributed by atoms with van der Waals surface area (Å²) in [6, 6.07) is 0.961. The third-order valence-electron chi connectivity index (χ3n) is 4.72. The highest BCUT2D eigenvalue weighted by Gasteiger charge is 2.35. The molecule has 3 atom stereocenters. The second-order valence-corrected chi connectivity index (χ2v) is 7.77. The van der Waals surface area contributed by atoms with Gasteiger partial charge in [-0.2, -0.15) is 0 Å². The first kappa shape index (κ1) is 16.0. The van der Waals surface area contributed by atoms with Crippen LogP contribution in [0.4, 0.5) is 0 Å². The van der Waals surface area contributed by atoms with E-state index in [4.69, 9.17) is 5.73 Å². The summed E-state index contributed by atoms with van der Waals surface area (Å²) in [5, 5.41) is 0.